The fourth-order valence-electron chi connectivity index (χ4n) is 1.91. The van der Waals surface area contributed by atoms with Crippen LogP contribution in [0, 0.1) is 0 Å². The van der Waals surface area contributed by atoms with Crippen molar-refractivity contribution in [1.29, 1.82) is 0 Å². The number of nitrogens with one attached hydrogen (secondary N) is 1. The predicted octanol–water partition coefficient (Wildman–Crippen LogP) is 6.18. The van der Waals surface area contributed by atoms with Gasteiger partial charge in [-0.25, -0.2) is 0 Å². The third-order valence-electron chi connectivity index (χ3n) is 3.25. The lowest BCUT2D eigenvalue weighted by Gasteiger charge is -2.13. The van der Waals surface area contributed by atoms with Crippen LogP contribution in [0.25, 0.3) is 0 Å². The van der Waals surface area contributed by atoms with Gasteiger partial charge in [0.15, 0.2) is 0 Å². The second kappa shape index (κ2) is 7.72. The van der Waals surface area contributed by atoms with Gasteiger partial charge in [0.05, 0.1) is 32.5 Å². The molecule has 3 nitrogen and oxygen atoms in total. The van der Waals surface area contributed by atoms with Crippen LogP contribution >= 0.6 is 34.8 Å². The number of benzene rings is 2. The number of nitrogens with zero attached hydrogens (tertiary/aromatic N) is 2. The maximum atomic E-state index is 12.7. The molecule has 0 aromatic heterocycles. The van der Waals surface area contributed by atoms with Gasteiger partial charge in [0.25, 0.3) is 0 Å². The first kappa shape index (κ1) is 19.7. The summed E-state index contributed by atoms with van der Waals surface area (Å²) >= 11 is 17.9. The first-order valence-electron chi connectivity index (χ1n) is 6.92. The molecule has 9 heteroatoms. The third-order valence-corrected chi connectivity index (χ3v) is 4.17. The summed E-state index contributed by atoms with van der Waals surface area (Å²) < 4.78 is 38.1. The molecule has 134 valence electrons. The molecule has 0 atom stereocenters. The van der Waals surface area contributed by atoms with E-state index in [0.717, 1.165) is 17.8 Å². The highest BCUT2D eigenvalue weighted by Crippen LogP contribution is 2.38. The normalized spacial score (nSPS) is 11.8. The smallest absolute Gasteiger partial charge is 0.378 e. The molecule has 25 heavy (non-hydrogen) atoms. The van der Waals surface area contributed by atoms with Gasteiger partial charge in [-0.05, 0) is 30.3 Å². The Morgan fingerprint density at radius 3 is 2.08 bits per heavy atom. The van der Waals surface area contributed by atoms with Crippen molar-refractivity contribution in [3.63, 3.8) is 0 Å². The molecule has 0 heterocycles. The molecule has 0 aliphatic heterocycles. The minimum atomic E-state index is -4.53. The Morgan fingerprint density at radius 1 is 1.00 bits per heavy atom. The molecular weight excluding hydrogens is 398 g/mol. The zero-order valence-electron chi connectivity index (χ0n) is 13.1. The van der Waals surface area contributed by atoms with E-state index >= 15 is 0 Å². The summed E-state index contributed by atoms with van der Waals surface area (Å²) in [4.78, 5) is 1.90. The Kier molecular flexibility index (Phi) is 6.08. The van der Waals surface area contributed by atoms with E-state index in [1.54, 1.807) is 12.1 Å². The highest BCUT2D eigenvalue weighted by atomic mass is 35.5. The number of halogens is 6. The van der Waals surface area contributed by atoms with E-state index in [9.17, 15) is 13.2 Å². The van der Waals surface area contributed by atoms with Crippen molar-refractivity contribution in [2.75, 3.05) is 24.4 Å². The van der Waals surface area contributed by atoms with Crippen molar-refractivity contribution < 1.29 is 13.2 Å². The Bertz CT molecular complexity index is 782. The third kappa shape index (κ3) is 4.93. The Balaban J connectivity index is 2.20. The number of alkyl halides is 3. The van der Waals surface area contributed by atoms with Crippen molar-refractivity contribution in [2.24, 2.45) is 5.10 Å². The molecular formula is C16H13Cl3F3N3. The fourth-order valence-corrected chi connectivity index (χ4v) is 2.70. The molecule has 0 saturated carbocycles. The number of hydrazone groups is 1. The van der Waals surface area contributed by atoms with Crippen LogP contribution in [0.1, 0.15) is 11.1 Å². The van der Waals surface area contributed by atoms with Crippen LogP contribution in [0.15, 0.2) is 35.4 Å². The van der Waals surface area contributed by atoms with E-state index in [1.807, 2.05) is 25.1 Å². The molecule has 0 radical (unpaired) electrons. The van der Waals surface area contributed by atoms with E-state index in [2.05, 4.69) is 10.5 Å². The van der Waals surface area contributed by atoms with Crippen LogP contribution in [0.3, 0.4) is 0 Å². The zero-order chi connectivity index (χ0) is 18.8. The summed E-state index contributed by atoms with van der Waals surface area (Å²) in [5, 5.41) is 4.03. The minimum absolute atomic E-state index is 0.0774. The molecule has 0 unspecified atom stereocenters. The quantitative estimate of drug-likeness (QED) is 0.481. The highest BCUT2D eigenvalue weighted by Gasteiger charge is 2.32. The van der Waals surface area contributed by atoms with Crippen molar-refractivity contribution in [1.82, 2.24) is 0 Å². The summed E-state index contributed by atoms with van der Waals surface area (Å²) in [6.45, 7) is 0. The highest BCUT2D eigenvalue weighted by molar-refractivity contribution is 6.39. The molecule has 0 fully saturated rings. The summed E-state index contributed by atoms with van der Waals surface area (Å²) in [6.07, 6.45) is -3.11. The Labute approximate surface area is 158 Å². The SMILES string of the molecule is CN(C)c1ccc(/C=N\Nc2c(Cl)cc(C(F)(F)F)cc2Cl)c(Cl)c1. The van der Waals surface area contributed by atoms with Crippen LogP contribution in [0.5, 0.6) is 0 Å². The minimum Gasteiger partial charge on any atom is -0.378 e. The maximum Gasteiger partial charge on any atom is 0.416 e. The average molecular weight is 411 g/mol. The van der Waals surface area contributed by atoms with Gasteiger partial charge in [0.1, 0.15) is 0 Å². The van der Waals surface area contributed by atoms with Crippen LogP contribution < -0.4 is 10.3 Å². The standard InChI is InChI=1S/C16H13Cl3F3N3/c1-25(2)11-4-3-9(12(17)7-11)8-23-24-15-13(18)5-10(6-14(15)19)16(20,21)22/h3-8,24H,1-2H3/b23-8-. The van der Waals surface area contributed by atoms with Gasteiger partial charge in [0.2, 0.25) is 0 Å². The molecule has 2 aromatic rings. The van der Waals surface area contributed by atoms with E-state index in [0.29, 0.717) is 10.6 Å². The number of rotatable bonds is 4. The summed E-state index contributed by atoms with van der Waals surface area (Å²) in [7, 11) is 3.77. The lowest BCUT2D eigenvalue weighted by molar-refractivity contribution is -0.137. The first-order valence-corrected chi connectivity index (χ1v) is 8.05. The summed E-state index contributed by atoms with van der Waals surface area (Å²) in [6, 6.07) is 6.94. The van der Waals surface area contributed by atoms with E-state index in [-0.39, 0.29) is 15.7 Å². The van der Waals surface area contributed by atoms with Crippen LogP contribution in [-0.4, -0.2) is 20.3 Å². The first-order chi connectivity index (χ1) is 11.6. The fraction of sp³-hybridized carbons (Fsp3) is 0.188. The Hall–Kier alpha value is -1.63. The molecule has 0 amide bonds. The lowest BCUT2D eigenvalue weighted by atomic mass is 10.2. The molecule has 0 aliphatic carbocycles. The molecule has 2 rings (SSSR count). The molecule has 1 N–H and O–H groups in total. The average Bonchev–Trinajstić information content (AvgIpc) is 2.50. The second-order valence-electron chi connectivity index (χ2n) is 5.28. The molecule has 0 aliphatic rings. The van der Waals surface area contributed by atoms with Crippen LogP contribution in [-0.2, 0) is 6.18 Å². The predicted molar refractivity (Wildman–Crippen MR) is 98.5 cm³/mol. The van der Waals surface area contributed by atoms with Crippen molar-refractivity contribution >= 4 is 52.4 Å². The molecule has 2 aromatic carbocycles. The van der Waals surface area contributed by atoms with Gasteiger partial charge in [0, 0.05) is 25.3 Å². The van der Waals surface area contributed by atoms with Crippen molar-refractivity contribution in [2.45, 2.75) is 6.18 Å². The summed E-state index contributed by atoms with van der Waals surface area (Å²) in [5.41, 5.74) is 3.23. The van der Waals surface area contributed by atoms with E-state index in [1.165, 1.54) is 6.21 Å². The van der Waals surface area contributed by atoms with Gasteiger partial charge in [-0.15, -0.1) is 0 Å². The van der Waals surface area contributed by atoms with E-state index < -0.39 is 11.7 Å². The Morgan fingerprint density at radius 2 is 1.60 bits per heavy atom. The van der Waals surface area contributed by atoms with E-state index in [4.69, 9.17) is 34.8 Å². The summed E-state index contributed by atoms with van der Waals surface area (Å²) in [5.74, 6) is 0. The molecule has 0 saturated heterocycles. The van der Waals surface area contributed by atoms with Gasteiger partial charge in [-0.1, -0.05) is 34.8 Å². The van der Waals surface area contributed by atoms with Crippen molar-refractivity contribution in [3.05, 3.63) is 56.5 Å². The topological polar surface area (TPSA) is 27.6 Å². The van der Waals surface area contributed by atoms with Crippen molar-refractivity contribution in [3.8, 4) is 0 Å². The van der Waals surface area contributed by atoms with Gasteiger partial charge >= 0.3 is 6.18 Å². The molecule has 0 bridgehead atoms. The number of hydrogen-bond donors (Lipinski definition) is 1. The van der Waals surface area contributed by atoms with Gasteiger partial charge < -0.3 is 4.90 Å². The van der Waals surface area contributed by atoms with Gasteiger partial charge in [-0.2, -0.15) is 18.3 Å². The monoisotopic (exact) mass is 409 g/mol. The van der Waals surface area contributed by atoms with Gasteiger partial charge in [-0.3, -0.25) is 5.43 Å². The number of hydrogen-bond acceptors (Lipinski definition) is 3. The second-order valence-corrected chi connectivity index (χ2v) is 6.50. The zero-order valence-corrected chi connectivity index (χ0v) is 15.4. The van der Waals surface area contributed by atoms with Crippen LogP contribution in [0.2, 0.25) is 15.1 Å². The number of anilines is 2. The lowest BCUT2D eigenvalue weighted by Crippen LogP contribution is -2.08. The molecule has 0 spiro atoms. The maximum absolute atomic E-state index is 12.7. The van der Waals surface area contributed by atoms with Crippen LogP contribution in [0.4, 0.5) is 24.5 Å². The largest absolute Gasteiger partial charge is 0.416 e.